The third kappa shape index (κ3) is 2.31. The van der Waals surface area contributed by atoms with Gasteiger partial charge in [-0.15, -0.1) is 0 Å². The molecule has 17 heavy (non-hydrogen) atoms. The summed E-state index contributed by atoms with van der Waals surface area (Å²) in [6.07, 6.45) is -1.38. The van der Waals surface area contributed by atoms with Crippen LogP contribution >= 0.6 is 0 Å². The molecule has 0 atom stereocenters. The molecule has 1 aromatic heterocycles. The standard InChI is InChI=1S/C11H10F3N3/c12-11(13,14)8-2-1-3-9(4-8)17-7-16-6-10(17)5-15/h1-4,6-7H,5,15H2. The zero-order chi connectivity index (χ0) is 12.5. The second-order valence-corrected chi connectivity index (χ2v) is 3.51. The fourth-order valence-corrected chi connectivity index (χ4v) is 1.54. The lowest BCUT2D eigenvalue weighted by Gasteiger charge is -2.10. The number of rotatable bonds is 2. The quantitative estimate of drug-likeness (QED) is 0.877. The topological polar surface area (TPSA) is 43.8 Å². The number of nitrogens with zero attached hydrogens (tertiary/aromatic N) is 2. The maximum Gasteiger partial charge on any atom is 0.416 e. The Morgan fingerprint density at radius 3 is 2.71 bits per heavy atom. The average Bonchev–Trinajstić information content (AvgIpc) is 2.76. The molecular weight excluding hydrogens is 231 g/mol. The van der Waals surface area contributed by atoms with Gasteiger partial charge in [0.25, 0.3) is 0 Å². The summed E-state index contributed by atoms with van der Waals surface area (Å²) in [7, 11) is 0. The summed E-state index contributed by atoms with van der Waals surface area (Å²) in [4.78, 5) is 3.86. The molecule has 6 heteroatoms. The number of hydrogen-bond donors (Lipinski definition) is 1. The van der Waals surface area contributed by atoms with Gasteiger partial charge in [0.1, 0.15) is 0 Å². The highest BCUT2D eigenvalue weighted by Gasteiger charge is 2.30. The third-order valence-electron chi connectivity index (χ3n) is 2.38. The van der Waals surface area contributed by atoms with Crippen molar-refractivity contribution in [3.05, 3.63) is 48.0 Å². The molecule has 0 spiro atoms. The zero-order valence-corrected chi connectivity index (χ0v) is 8.78. The summed E-state index contributed by atoms with van der Waals surface area (Å²) >= 11 is 0. The highest BCUT2D eigenvalue weighted by Crippen LogP contribution is 2.30. The normalized spacial score (nSPS) is 11.8. The largest absolute Gasteiger partial charge is 0.416 e. The van der Waals surface area contributed by atoms with Crippen LogP contribution in [-0.2, 0) is 12.7 Å². The Morgan fingerprint density at radius 2 is 2.06 bits per heavy atom. The van der Waals surface area contributed by atoms with Crippen LogP contribution < -0.4 is 5.73 Å². The maximum atomic E-state index is 12.5. The monoisotopic (exact) mass is 241 g/mol. The summed E-state index contributed by atoms with van der Waals surface area (Å²) in [5.41, 5.74) is 5.84. The molecule has 0 aliphatic heterocycles. The van der Waals surface area contributed by atoms with Crippen molar-refractivity contribution in [2.45, 2.75) is 12.7 Å². The minimum Gasteiger partial charge on any atom is -0.325 e. The molecule has 2 N–H and O–H groups in total. The van der Waals surface area contributed by atoms with Crippen molar-refractivity contribution >= 4 is 0 Å². The van der Waals surface area contributed by atoms with E-state index in [2.05, 4.69) is 4.98 Å². The van der Waals surface area contributed by atoms with E-state index < -0.39 is 11.7 Å². The molecule has 0 radical (unpaired) electrons. The van der Waals surface area contributed by atoms with E-state index in [1.54, 1.807) is 6.07 Å². The number of aromatic nitrogens is 2. The maximum absolute atomic E-state index is 12.5. The lowest BCUT2D eigenvalue weighted by molar-refractivity contribution is -0.137. The summed E-state index contributed by atoms with van der Waals surface area (Å²) in [5.74, 6) is 0. The Kier molecular flexibility index (Phi) is 2.89. The number of alkyl halides is 3. The van der Waals surface area contributed by atoms with Crippen LogP contribution in [-0.4, -0.2) is 9.55 Å². The minimum atomic E-state index is -4.35. The number of halogens is 3. The smallest absolute Gasteiger partial charge is 0.325 e. The molecule has 0 bridgehead atoms. The number of nitrogens with two attached hydrogens (primary N) is 1. The fourth-order valence-electron chi connectivity index (χ4n) is 1.54. The van der Waals surface area contributed by atoms with E-state index in [9.17, 15) is 13.2 Å². The zero-order valence-electron chi connectivity index (χ0n) is 8.78. The Hall–Kier alpha value is -1.82. The molecule has 0 amide bonds. The summed E-state index contributed by atoms with van der Waals surface area (Å²) in [5, 5.41) is 0. The van der Waals surface area contributed by atoms with Crippen LogP contribution in [0.3, 0.4) is 0 Å². The van der Waals surface area contributed by atoms with Crippen LogP contribution in [0.25, 0.3) is 5.69 Å². The molecule has 1 heterocycles. The Balaban J connectivity index is 2.47. The molecule has 0 saturated carbocycles. The second-order valence-electron chi connectivity index (χ2n) is 3.51. The molecular formula is C11H10F3N3. The van der Waals surface area contributed by atoms with Gasteiger partial charge in [-0.25, -0.2) is 4.98 Å². The van der Waals surface area contributed by atoms with Gasteiger partial charge in [0.2, 0.25) is 0 Å². The van der Waals surface area contributed by atoms with E-state index in [0.717, 1.165) is 12.1 Å². The SMILES string of the molecule is NCc1cncn1-c1cccc(C(F)(F)F)c1. The van der Waals surface area contributed by atoms with Crippen molar-refractivity contribution in [3.8, 4) is 5.69 Å². The lowest BCUT2D eigenvalue weighted by Crippen LogP contribution is -2.08. The van der Waals surface area contributed by atoms with Gasteiger partial charge in [0.05, 0.1) is 17.6 Å². The Morgan fingerprint density at radius 1 is 1.29 bits per heavy atom. The van der Waals surface area contributed by atoms with E-state index >= 15 is 0 Å². The predicted octanol–water partition coefficient (Wildman–Crippen LogP) is 2.35. The van der Waals surface area contributed by atoms with E-state index in [1.807, 2.05) is 0 Å². The Labute approximate surface area is 95.7 Å². The molecule has 2 rings (SSSR count). The van der Waals surface area contributed by atoms with Crippen LogP contribution in [0.15, 0.2) is 36.8 Å². The van der Waals surface area contributed by atoms with Crippen molar-refractivity contribution in [3.63, 3.8) is 0 Å². The molecule has 2 aromatic rings. The van der Waals surface area contributed by atoms with E-state index in [1.165, 1.54) is 23.2 Å². The highest BCUT2D eigenvalue weighted by molar-refractivity contribution is 5.38. The molecule has 90 valence electrons. The highest BCUT2D eigenvalue weighted by atomic mass is 19.4. The van der Waals surface area contributed by atoms with Crippen LogP contribution in [0.2, 0.25) is 0 Å². The van der Waals surface area contributed by atoms with Gasteiger partial charge >= 0.3 is 6.18 Å². The van der Waals surface area contributed by atoms with Gasteiger partial charge in [-0.1, -0.05) is 6.07 Å². The first kappa shape index (κ1) is 11.7. The van der Waals surface area contributed by atoms with E-state index in [4.69, 9.17) is 5.73 Å². The third-order valence-corrected chi connectivity index (χ3v) is 2.38. The molecule has 0 aliphatic rings. The van der Waals surface area contributed by atoms with Gasteiger partial charge in [0, 0.05) is 18.4 Å². The van der Waals surface area contributed by atoms with Crippen molar-refractivity contribution in [2.75, 3.05) is 0 Å². The van der Waals surface area contributed by atoms with Crippen LogP contribution in [0.4, 0.5) is 13.2 Å². The fraction of sp³-hybridized carbons (Fsp3) is 0.182. The van der Waals surface area contributed by atoms with Crippen molar-refractivity contribution in [2.24, 2.45) is 5.73 Å². The molecule has 0 saturated heterocycles. The number of benzene rings is 1. The van der Waals surface area contributed by atoms with Gasteiger partial charge in [-0.3, -0.25) is 0 Å². The molecule has 1 aromatic carbocycles. The van der Waals surface area contributed by atoms with Crippen LogP contribution in [0, 0.1) is 0 Å². The van der Waals surface area contributed by atoms with E-state index in [0.29, 0.717) is 11.4 Å². The summed E-state index contributed by atoms with van der Waals surface area (Å²) in [6, 6.07) is 5.04. The summed E-state index contributed by atoms with van der Waals surface area (Å²) in [6.45, 7) is 0.218. The molecule has 0 aliphatic carbocycles. The molecule has 0 fully saturated rings. The first-order valence-electron chi connectivity index (χ1n) is 4.91. The van der Waals surface area contributed by atoms with Gasteiger partial charge in [-0.2, -0.15) is 13.2 Å². The first-order chi connectivity index (χ1) is 8.02. The first-order valence-corrected chi connectivity index (χ1v) is 4.91. The van der Waals surface area contributed by atoms with Gasteiger partial charge < -0.3 is 10.3 Å². The number of imidazole rings is 1. The molecule has 3 nitrogen and oxygen atoms in total. The average molecular weight is 241 g/mol. The number of hydrogen-bond acceptors (Lipinski definition) is 2. The van der Waals surface area contributed by atoms with Crippen molar-refractivity contribution < 1.29 is 13.2 Å². The summed E-state index contributed by atoms with van der Waals surface area (Å²) < 4.78 is 39.2. The van der Waals surface area contributed by atoms with Gasteiger partial charge in [-0.05, 0) is 18.2 Å². The predicted molar refractivity (Wildman–Crippen MR) is 56.5 cm³/mol. The lowest BCUT2D eigenvalue weighted by atomic mass is 10.2. The van der Waals surface area contributed by atoms with Crippen molar-refractivity contribution in [1.29, 1.82) is 0 Å². The van der Waals surface area contributed by atoms with Gasteiger partial charge in [0.15, 0.2) is 0 Å². The molecule has 0 unspecified atom stereocenters. The van der Waals surface area contributed by atoms with Crippen molar-refractivity contribution in [1.82, 2.24) is 9.55 Å². The van der Waals surface area contributed by atoms with Crippen LogP contribution in [0.5, 0.6) is 0 Å². The Bertz CT molecular complexity index is 517. The minimum absolute atomic E-state index is 0.218. The van der Waals surface area contributed by atoms with E-state index in [-0.39, 0.29) is 6.54 Å². The second kappa shape index (κ2) is 4.21. The van der Waals surface area contributed by atoms with Crippen LogP contribution in [0.1, 0.15) is 11.3 Å².